The summed E-state index contributed by atoms with van der Waals surface area (Å²) in [5.74, 6) is -0.0483. The third-order valence-corrected chi connectivity index (χ3v) is 3.04. The van der Waals surface area contributed by atoms with Crippen LogP contribution in [-0.4, -0.2) is 24.7 Å². The van der Waals surface area contributed by atoms with Gasteiger partial charge < -0.3 is 11.1 Å². The minimum atomic E-state index is -0.0483. The molecule has 17 heavy (non-hydrogen) atoms. The van der Waals surface area contributed by atoms with Crippen molar-refractivity contribution >= 4 is 12.6 Å². The first-order valence-electron chi connectivity index (χ1n) is 6.02. The molecule has 1 amide bonds. The van der Waals surface area contributed by atoms with Crippen molar-refractivity contribution in [1.29, 1.82) is 0 Å². The maximum absolute atomic E-state index is 11.9. The molecule has 0 heterocycles. The topological polar surface area (TPSA) is 67.5 Å². The third-order valence-electron chi connectivity index (χ3n) is 3.04. The van der Waals surface area contributed by atoms with Crippen LogP contribution in [0.1, 0.15) is 32.6 Å². The second-order valence-corrected chi connectivity index (χ2v) is 4.33. The average molecular weight is 235 g/mol. The number of aliphatic imine (C=N–C) groups is 1. The first kappa shape index (κ1) is 13.6. The lowest BCUT2D eigenvalue weighted by Crippen LogP contribution is -2.40. The molecule has 1 fully saturated rings. The second kappa shape index (κ2) is 7.01. The number of nitrogens with one attached hydrogen (secondary N) is 1. The Balaban J connectivity index is 2.47. The predicted molar refractivity (Wildman–Crippen MR) is 70.8 cm³/mol. The molecule has 1 rings (SSSR count). The van der Waals surface area contributed by atoms with Gasteiger partial charge in [0.15, 0.2) is 0 Å². The molecule has 1 saturated carbocycles. The van der Waals surface area contributed by atoms with E-state index < -0.39 is 0 Å². The first-order chi connectivity index (χ1) is 8.17. The lowest BCUT2D eigenvalue weighted by molar-refractivity contribution is -0.118. The number of allylic oxidation sites excluding steroid dienone is 1. The summed E-state index contributed by atoms with van der Waals surface area (Å²) in [5, 5.41) is 3.02. The van der Waals surface area contributed by atoms with Gasteiger partial charge in [0.05, 0.1) is 0 Å². The molecular formula is C13H21N3O. The lowest BCUT2D eigenvalue weighted by Gasteiger charge is -2.26. The highest BCUT2D eigenvalue weighted by molar-refractivity contribution is 5.96. The van der Waals surface area contributed by atoms with Crippen LogP contribution in [0.3, 0.4) is 0 Å². The molecule has 0 aromatic carbocycles. The van der Waals surface area contributed by atoms with E-state index in [0.29, 0.717) is 11.6 Å². The number of hydrogen-bond donors (Lipinski definition) is 2. The number of carbonyl (C=O) groups is 1. The van der Waals surface area contributed by atoms with Gasteiger partial charge >= 0.3 is 0 Å². The van der Waals surface area contributed by atoms with Gasteiger partial charge in [-0.1, -0.05) is 6.08 Å². The number of hydrogen-bond acceptors (Lipinski definition) is 3. The van der Waals surface area contributed by atoms with Crippen molar-refractivity contribution in [2.45, 2.75) is 44.7 Å². The van der Waals surface area contributed by atoms with E-state index in [4.69, 9.17) is 5.73 Å². The van der Waals surface area contributed by atoms with Crippen LogP contribution in [0, 0.1) is 0 Å². The number of rotatable bonds is 4. The molecule has 1 aliphatic rings. The molecule has 0 spiro atoms. The summed E-state index contributed by atoms with van der Waals surface area (Å²) in [6, 6.07) is 0.552. The van der Waals surface area contributed by atoms with E-state index in [-0.39, 0.29) is 11.9 Å². The number of amides is 1. The molecule has 0 radical (unpaired) electrons. The SMILES string of the molecule is C=N/C=C\C(=C/C)C(=O)NC1CCC(N)CC1. The molecule has 0 aromatic rings. The molecule has 0 aromatic heterocycles. The van der Waals surface area contributed by atoms with Gasteiger partial charge in [-0.25, -0.2) is 0 Å². The molecule has 0 aliphatic heterocycles. The van der Waals surface area contributed by atoms with Gasteiger partial charge in [0.25, 0.3) is 5.91 Å². The Morgan fingerprint density at radius 1 is 1.41 bits per heavy atom. The fourth-order valence-corrected chi connectivity index (χ4v) is 1.97. The highest BCUT2D eigenvalue weighted by atomic mass is 16.1. The van der Waals surface area contributed by atoms with E-state index in [1.165, 1.54) is 6.20 Å². The van der Waals surface area contributed by atoms with Crippen LogP contribution >= 0.6 is 0 Å². The highest BCUT2D eigenvalue weighted by Crippen LogP contribution is 2.17. The maximum atomic E-state index is 11.9. The summed E-state index contributed by atoms with van der Waals surface area (Å²) in [6.07, 6.45) is 8.86. The van der Waals surface area contributed by atoms with Crippen molar-refractivity contribution in [2.24, 2.45) is 10.7 Å². The van der Waals surface area contributed by atoms with Gasteiger partial charge in [-0.05, 0) is 45.4 Å². The molecule has 3 N–H and O–H groups in total. The molecule has 0 atom stereocenters. The van der Waals surface area contributed by atoms with Gasteiger partial charge in [-0.2, -0.15) is 0 Å². The molecule has 4 nitrogen and oxygen atoms in total. The van der Waals surface area contributed by atoms with Gasteiger partial charge in [-0.3, -0.25) is 9.79 Å². The zero-order valence-electron chi connectivity index (χ0n) is 10.4. The van der Waals surface area contributed by atoms with Crippen LogP contribution in [0.15, 0.2) is 28.9 Å². The fraction of sp³-hybridized carbons (Fsp3) is 0.538. The van der Waals surface area contributed by atoms with Crippen molar-refractivity contribution in [1.82, 2.24) is 5.32 Å². The Hall–Kier alpha value is -1.42. The minimum Gasteiger partial charge on any atom is -0.349 e. The Morgan fingerprint density at radius 3 is 2.59 bits per heavy atom. The van der Waals surface area contributed by atoms with Crippen molar-refractivity contribution in [3.8, 4) is 0 Å². The normalized spacial score (nSPS) is 25.9. The van der Waals surface area contributed by atoms with Crippen LogP contribution in [0.4, 0.5) is 0 Å². The van der Waals surface area contributed by atoms with Crippen LogP contribution in [0.25, 0.3) is 0 Å². The van der Waals surface area contributed by atoms with Crippen LogP contribution < -0.4 is 11.1 Å². The molecule has 1 aliphatic carbocycles. The van der Waals surface area contributed by atoms with Crippen LogP contribution in [-0.2, 0) is 4.79 Å². The summed E-state index contributed by atoms with van der Waals surface area (Å²) in [5.41, 5.74) is 6.44. The molecule has 94 valence electrons. The lowest BCUT2D eigenvalue weighted by atomic mass is 9.91. The molecule has 0 unspecified atom stereocenters. The predicted octanol–water partition coefficient (Wildman–Crippen LogP) is 1.53. The van der Waals surface area contributed by atoms with E-state index in [1.807, 2.05) is 6.92 Å². The Morgan fingerprint density at radius 2 is 2.06 bits per heavy atom. The van der Waals surface area contributed by atoms with Crippen LogP contribution in [0.2, 0.25) is 0 Å². The Bertz CT molecular complexity index is 326. The summed E-state index contributed by atoms with van der Waals surface area (Å²) in [6.45, 7) is 5.17. The largest absolute Gasteiger partial charge is 0.349 e. The van der Waals surface area contributed by atoms with Crippen molar-refractivity contribution in [3.63, 3.8) is 0 Å². The standard InChI is InChI=1S/C13H21N3O/c1-3-10(8-9-15-2)13(17)16-12-6-4-11(14)5-7-12/h3,8-9,11-12H,2,4-7,14H2,1H3,(H,16,17)/b9-8-,10-3+. The smallest absolute Gasteiger partial charge is 0.251 e. The van der Waals surface area contributed by atoms with Gasteiger partial charge in [0.2, 0.25) is 0 Å². The Kier molecular flexibility index (Phi) is 5.63. The average Bonchev–Trinajstić information content (AvgIpc) is 2.33. The minimum absolute atomic E-state index is 0.0483. The van der Waals surface area contributed by atoms with Crippen molar-refractivity contribution in [3.05, 3.63) is 23.9 Å². The zero-order valence-corrected chi connectivity index (χ0v) is 10.4. The molecule has 0 bridgehead atoms. The summed E-state index contributed by atoms with van der Waals surface area (Å²) in [7, 11) is 0. The van der Waals surface area contributed by atoms with E-state index in [9.17, 15) is 4.79 Å². The van der Waals surface area contributed by atoms with E-state index in [0.717, 1.165) is 25.7 Å². The van der Waals surface area contributed by atoms with Crippen molar-refractivity contribution < 1.29 is 4.79 Å². The van der Waals surface area contributed by atoms with Crippen molar-refractivity contribution in [2.75, 3.05) is 0 Å². The van der Waals surface area contributed by atoms with Gasteiger partial charge in [0, 0.05) is 23.9 Å². The summed E-state index contributed by atoms with van der Waals surface area (Å²) < 4.78 is 0. The summed E-state index contributed by atoms with van der Waals surface area (Å²) in [4.78, 5) is 15.5. The van der Waals surface area contributed by atoms with E-state index in [2.05, 4.69) is 17.0 Å². The second-order valence-electron chi connectivity index (χ2n) is 4.33. The zero-order chi connectivity index (χ0) is 12.7. The number of nitrogens with zero attached hydrogens (tertiary/aromatic N) is 1. The summed E-state index contributed by atoms with van der Waals surface area (Å²) >= 11 is 0. The maximum Gasteiger partial charge on any atom is 0.251 e. The van der Waals surface area contributed by atoms with E-state index in [1.54, 1.807) is 12.2 Å². The van der Waals surface area contributed by atoms with Gasteiger partial charge in [-0.15, -0.1) is 0 Å². The number of nitrogens with two attached hydrogens (primary N) is 1. The molecule has 4 heteroatoms. The quantitative estimate of drug-likeness (QED) is 0.441. The Labute approximate surface area is 103 Å². The van der Waals surface area contributed by atoms with Gasteiger partial charge in [0.1, 0.15) is 0 Å². The number of carbonyl (C=O) groups excluding carboxylic acids is 1. The highest BCUT2D eigenvalue weighted by Gasteiger charge is 2.20. The molecular weight excluding hydrogens is 214 g/mol. The van der Waals surface area contributed by atoms with E-state index >= 15 is 0 Å². The third kappa shape index (κ3) is 4.53. The fourth-order valence-electron chi connectivity index (χ4n) is 1.97. The molecule has 0 saturated heterocycles. The first-order valence-corrected chi connectivity index (χ1v) is 6.02. The van der Waals surface area contributed by atoms with Crippen LogP contribution in [0.5, 0.6) is 0 Å². The monoisotopic (exact) mass is 235 g/mol.